The van der Waals surface area contributed by atoms with Gasteiger partial charge in [0.25, 0.3) is 0 Å². The minimum Gasteiger partial charge on any atom is -0.461 e. The van der Waals surface area contributed by atoms with E-state index in [0.29, 0.717) is 23.2 Å². The van der Waals surface area contributed by atoms with Crippen LogP contribution in [0.3, 0.4) is 0 Å². The number of ether oxygens (including phenoxy) is 2. The van der Waals surface area contributed by atoms with Crippen LogP contribution in [0.1, 0.15) is 34.7 Å². The Kier molecular flexibility index (Phi) is 5.74. The molecule has 0 spiro atoms. The van der Waals surface area contributed by atoms with E-state index >= 15 is 0 Å². The highest BCUT2D eigenvalue weighted by Crippen LogP contribution is 2.16. The number of carbonyl (C=O) groups excluding carboxylic acids is 2. The number of rotatable bonds is 8. The highest BCUT2D eigenvalue weighted by molar-refractivity contribution is 7.11. The van der Waals surface area contributed by atoms with Crippen LogP contribution >= 0.6 is 11.3 Å². The van der Waals surface area contributed by atoms with Crippen molar-refractivity contribution in [3.63, 3.8) is 0 Å². The summed E-state index contributed by atoms with van der Waals surface area (Å²) in [7, 11) is 0. The quantitative estimate of drug-likeness (QED) is 0.546. The summed E-state index contributed by atoms with van der Waals surface area (Å²) in [6.45, 7) is 1.98. The van der Waals surface area contributed by atoms with Gasteiger partial charge in [0.1, 0.15) is 6.61 Å². The topological polar surface area (TPSA) is 118 Å². The minimum atomic E-state index is -0.487. The van der Waals surface area contributed by atoms with Gasteiger partial charge in [-0.2, -0.15) is 4.98 Å². The minimum absolute atomic E-state index is 0.0176. The molecular weight excluding hydrogens is 362 g/mol. The molecule has 0 saturated carbocycles. The van der Waals surface area contributed by atoms with Gasteiger partial charge in [-0.05, 0) is 19.1 Å². The summed E-state index contributed by atoms with van der Waals surface area (Å²) < 4.78 is 20.2. The zero-order valence-electron chi connectivity index (χ0n) is 13.8. The largest absolute Gasteiger partial charge is 0.461 e. The predicted octanol–water partition coefficient (Wildman–Crippen LogP) is 2.64. The van der Waals surface area contributed by atoms with Gasteiger partial charge in [0.2, 0.25) is 16.7 Å². The standard InChI is InChI=1S/C16H15N3O6S/c1-2-22-16(21)15-17-10(9-26-15)8-24-13(20)6-5-12-18-14(19-25-12)11-4-3-7-23-11/h3-4,7,9H,2,5-6,8H2,1H3. The number of nitrogens with zero attached hydrogens (tertiary/aromatic N) is 3. The molecule has 0 unspecified atom stereocenters. The SMILES string of the molecule is CCOC(=O)c1nc(COC(=O)CCc2nc(-c3ccco3)no2)cs1. The number of hydrogen-bond donors (Lipinski definition) is 0. The third kappa shape index (κ3) is 4.54. The fraction of sp³-hybridized carbons (Fsp3) is 0.312. The predicted molar refractivity (Wildman–Crippen MR) is 88.2 cm³/mol. The summed E-state index contributed by atoms with van der Waals surface area (Å²) in [5, 5.41) is 5.66. The molecule has 0 aliphatic carbocycles. The normalized spacial score (nSPS) is 10.7. The second kappa shape index (κ2) is 8.39. The molecule has 26 heavy (non-hydrogen) atoms. The Morgan fingerprint density at radius 2 is 2.15 bits per heavy atom. The van der Waals surface area contributed by atoms with Crippen molar-refractivity contribution >= 4 is 23.3 Å². The van der Waals surface area contributed by atoms with Crippen LogP contribution in [-0.2, 0) is 27.3 Å². The molecule has 0 N–H and O–H groups in total. The zero-order valence-corrected chi connectivity index (χ0v) is 14.7. The van der Waals surface area contributed by atoms with Gasteiger partial charge in [-0.1, -0.05) is 5.16 Å². The van der Waals surface area contributed by atoms with Gasteiger partial charge in [0, 0.05) is 11.8 Å². The molecule has 0 aliphatic heterocycles. The monoisotopic (exact) mass is 377 g/mol. The smallest absolute Gasteiger partial charge is 0.367 e. The van der Waals surface area contributed by atoms with Crippen LogP contribution in [0, 0.1) is 0 Å². The molecule has 10 heteroatoms. The molecule has 0 fully saturated rings. The lowest BCUT2D eigenvalue weighted by molar-refractivity contribution is -0.145. The van der Waals surface area contributed by atoms with Crippen molar-refractivity contribution in [1.29, 1.82) is 0 Å². The summed E-state index contributed by atoms with van der Waals surface area (Å²) in [5.74, 6) is 0.203. The summed E-state index contributed by atoms with van der Waals surface area (Å²) in [5.41, 5.74) is 0.490. The maximum atomic E-state index is 11.8. The van der Waals surface area contributed by atoms with Gasteiger partial charge in [-0.15, -0.1) is 11.3 Å². The van der Waals surface area contributed by atoms with E-state index in [1.165, 1.54) is 6.26 Å². The van der Waals surface area contributed by atoms with Gasteiger partial charge in [-0.25, -0.2) is 9.78 Å². The van der Waals surface area contributed by atoms with E-state index in [1.807, 2.05) is 0 Å². The average Bonchev–Trinajstić information content (AvgIpc) is 3.39. The van der Waals surface area contributed by atoms with Crippen LogP contribution in [0.25, 0.3) is 11.6 Å². The third-order valence-electron chi connectivity index (χ3n) is 3.14. The Morgan fingerprint density at radius 1 is 1.27 bits per heavy atom. The molecule has 0 radical (unpaired) electrons. The molecule has 9 nitrogen and oxygen atoms in total. The third-order valence-corrected chi connectivity index (χ3v) is 4.01. The van der Waals surface area contributed by atoms with Crippen LogP contribution < -0.4 is 0 Å². The molecule has 0 atom stereocenters. The number of aryl methyl sites for hydroxylation is 1. The number of furan rings is 1. The fourth-order valence-corrected chi connectivity index (χ4v) is 2.65. The van der Waals surface area contributed by atoms with Crippen molar-refractivity contribution in [3.05, 3.63) is 40.4 Å². The summed E-state index contributed by atoms with van der Waals surface area (Å²) >= 11 is 1.14. The van der Waals surface area contributed by atoms with Gasteiger partial charge in [0.15, 0.2) is 5.76 Å². The first-order valence-electron chi connectivity index (χ1n) is 7.79. The highest BCUT2D eigenvalue weighted by atomic mass is 32.1. The Hall–Kier alpha value is -3.01. The molecular formula is C16H15N3O6S. The van der Waals surface area contributed by atoms with Crippen LogP contribution in [-0.4, -0.2) is 33.7 Å². The molecule has 0 amide bonds. The van der Waals surface area contributed by atoms with E-state index < -0.39 is 11.9 Å². The van der Waals surface area contributed by atoms with E-state index in [4.69, 9.17) is 18.4 Å². The fourth-order valence-electron chi connectivity index (χ4n) is 1.96. The maximum absolute atomic E-state index is 11.8. The van der Waals surface area contributed by atoms with Crippen LogP contribution in [0.15, 0.2) is 32.7 Å². The number of thiazole rings is 1. The van der Waals surface area contributed by atoms with Crippen molar-refractivity contribution in [3.8, 4) is 11.6 Å². The molecule has 3 aromatic rings. The molecule has 0 aromatic carbocycles. The van der Waals surface area contributed by atoms with E-state index in [9.17, 15) is 9.59 Å². The lowest BCUT2D eigenvalue weighted by Crippen LogP contribution is -2.07. The van der Waals surface area contributed by atoms with Crippen LogP contribution in [0.5, 0.6) is 0 Å². The zero-order chi connectivity index (χ0) is 18.4. The van der Waals surface area contributed by atoms with Gasteiger partial charge >= 0.3 is 11.9 Å². The van der Waals surface area contributed by atoms with Crippen molar-refractivity contribution in [2.75, 3.05) is 6.61 Å². The van der Waals surface area contributed by atoms with Crippen molar-refractivity contribution in [1.82, 2.24) is 15.1 Å². The average molecular weight is 377 g/mol. The van der Waals surface area contributed by atoms with E-state index in [0.717, 1.165) is 11.3 Å². The second-order valence-corrected chi connectivity index (χ2v) is 5.87. The van der Waals surface area contributed by atoms with Gasteiger partial charge < -0.3 is 18.4 Å². The van der Waals surface area contributed by atoms with Crippen molar-refractivity contribution < 1.29 is 28.0 Å². The maximum Gasteiger partial charge on any atom is 0.367 e. The van der Waals surface area contributed by atoms with Crippen molar-refractivity contribution in [2.24, 2.45) is 0 Å². The lowest BCUT2D eigenvalue weighted by atomic mass is 10.3. The Labute approximate surface area is 151 Å². The molecule has 0 bridgehead atoms. The summed E-state index contributed by atoms with van der Waals surface area (Å²) in [6.07, 6.45) is 1.83. The number of esters is 2. The number of aromatic nitrogens is 3. The molecule has 136 valence electrons. The second-order valence-electron chi connectivity index (χ2n) is 5.01. The Bertz CT molecular complexity index is 870. The Morgan fingerprint density at radius 3 is 2.92 bits per heavy atom. The first kappa shape index (κ1) is 17.8. The first-order chi connectivity index (χ1) is 12.7. The van der Waals surface area contributed by atoms with Gasteiger partial charge in [0.05, 0.1) is 25.0 Å². The summed E-state index contributed by atoms with van der Waals surface area (Å²) in [6, 6.07) is 3.43. The van der Waals surface area contributed by atoms with Crippen molar-refractivity contribution in [2.45, 2.75) is 26.4 Å². The molecule has 3 rings (SSSR count). The number of hydrogen-bond acceptors (Lipinski definition) is 10. The van der Waals surface area contributed by atoms with Gasteiger partial charge in [-0.3, -0.25) is 4.79 Å². The number of carbonyl (C=O) groups is 2. The highest BCUT2D eigenvalue weighted by Gasteiger charge is 2.15. The molecule has 3 aromatic heterocycles. The lowest BCUT2D eigenvalue weighted by Gasteiger charge is -2.01. The Balaban J connectivity index is 1.44. The summed E-state index contributed by atoms with van der Waals surface area (Å²) in [4.78, 5) is 31.6. The molecule has 0 saturated heterocycles. The van der Waals surface area contributed by atoms with E-state index in [-0.39, 0.29) is 31.1 Å². The van der Waals surface area contributed by atoms with Crippen LogP contribution in [0.4, 0.5) is 0 Å². The van der Waals surface area contributed by atoms with Crippen LogP contribution in [0.2, 0.25) is 0 Å². The van der Waals surface area contributed by atoms with E-state index in [1.54, 1.807) is 24.4 Å². The molecule has 0 aliphatic rings. The van der Waals surface area contributed by atoms with E-state index in [2.05, 4.69) is 15.1 Å². The first-order valence-corrected chi connectivity index (χ1v) is 8.67. The molecule has 3 heterocycles.